The molecule has 1 aromatic heterocycles. The number of rotatable bonds is 4. The summed E-state index contributed by atoms with van der Waals surface area (Å²) in [5.41, 5.74) is 3.67. The topological polar surface area (TPSA) is 53.2 Å². The van der Waals surface area contributed by atoms with Gasteiger partial charge in [-0.25, -0.2) is 0 Å². The number of H-pyrrole nitrogens is 1. The van der Waals surface area contributed by atoms with E-state index in [1.54, 1.807) is 4.90 Å². The second-order valence-electron chi connectivity index (χ2n) is 8.77. The summed E-state index contributed by atoms with van der Waals surface area (Å²) in [5.74, 6) is -0.140. The molecule has 0 fully saturated rings. The van der Waals surface area contributed by atoms with Crippen molar-refractivity contribution in [1.29, 1.82) is 0 Å². The van der Waals surface area contributed by atoms with E-state index in [0.717, 1.165) is 16.6 Å². The van der Waals surface area contributed by atoms with Crippen LogP contribution in [0.25, 0.3) is 10.9 Å². The molecule has 1 N–H and O–H groups in total. The highest BCUT2D eigenvalue weighted by molar-refractivity contribution is 6.06. The monoisotopic (exact) mass is 410 g/mol. The number of carbonyl (C=O) groups is 1. The third-order valence-electron chi connectivity index (χ3n) is 5.47. The van der Waals surface area contributed by atoms with Gasteiger partial charge < -0.3 is 9.88 Å². The van der Waals surface area contributed by atoms with Crippen LogP contribution in [0.15, 0.2) is 89.7 Å². The van der Waals surface area contributed by atoms with E-state index in [-0.39, 0.29) is 23.4 Å². The zero-order chi connectivity index (χ0) is 22.0. The van der Waals surface area contributed by atoms with Crippen LogP contribution in [-0.2, 0) is 12.0 Å². The molecular weight excluding hydrogens is 384 g/mol. The number of hydrogen-bond acceptors (Lipinski definition) is 2. The maximum Gasteiger partial charge on any atom is 0.258 e. The average molecular weight is 411 g/mol. The third kappa shape index (κ3) is 4.43. The van der Waals surface area contributed by atoms with Crippen LogP contribution in [0.3, 0.4) is 0 Å². The SMILES string of the molecule is CC(C)(C)c1ccc(C(=O)N(Cc2cc3ccccc3[nH]c2=O)c2ccccc2)cc1. The molecule has 0 unspecified atom stereocenters. The smallest absolute Gasteiger partial charge is 0.258 e. The van der Waals surface area contributed by atoms with Crippen LogP contribution in [0.1, 0.15) is 42.3 Å². The van der Waals surface area contributed by atoms with Crippen LogP contribution < -0.4 is 10.5 Å². The fourth-order valence-electron chi connectivity index (χ4n) is 3.64. The first-order valence-electron chi connectivity index (χ1n) is 10.4. The standard InChI is InChI=1S/C27H26N2O2/c1-27(2,3)22-15-13-19(14-16-22)26(31)29(23-10-5-4-6-11-23)18-21-17-20-9-7-8-12-24(20)28-25(21)30/h4-17H,18H2,1-3H3,(H,28,30). The summed E-state index contributed by atoms with van der Waals surface area (Å²) in [4.78, 5) is 30.8. The Bertz CT molecular complexity index is 1270. The van der Waals surface area contributed by atoms with Crippen LogP contribution in [-0.4, -0.2) is 10.9 Å². The van der Waals surface area contributed by atoms with Gasteiger partial charge in [0.15, 0.2) is 0 Å². The van der Waals surface area contributed by atoms with Gasteiger partial charge in [0.05, 0.1) is 6.54 Å². The van der Waals surface area contributed by atoms with Gasteiger partial charge >= 0.3 is 0 Å². The van der Waals surface area contributed by atoms with Gasteiger partial charge in [0.2, 0.25) is 0 Å². The van der Waals surface area contributed by atoms with Crippen molar-refractivity contribution in [1.82, 2.24) is 4.98 Å². The van der Waals surface area contributed by atoms with Gasteiger partial charge in [0.25, 0.3) is 11.5 Å². The van der Waals surface area contributed by atoms with Gasteiger partial charge in [0, 0.05) is 22.3 Å². The highest BCUT2D eigenvalue weighted by Crippen LogP contribution is 2.24. The number of pyridine rings is 1. The molecule has 0 aliphatic heterocycles. The normalized spacial score (nSPS) is 11.5. The summed E-state index contributed by atoms with van der Waals surface area (Å²) in [7, 11) is 0. The number of aromatic nitrogens is 1. The van der Waals surface area contributed by atoms with E-state index in [1.165, 1.54) is 5.56 Å². The second kappa shape index (κ2) is 8.23. The number of para-hydroxylation sites is 2. The second-order valence-corrected chi connectivity index (χ2v) is 8.77. The molecule has 4 heteroatoms. The van der Waals surface area contributed by atoms with E-state index < -0.39 is 0 Å². The molecule has 156 valence electrons. The van der Waals surface area contributed by atoms with Gasteiger partial charge in [-0.05, 0) is 52.8 Å². The number of nitrogens with zero attached hydrogens (tertiary/aromatic N) is 1. The summed E-state index contributed by atoms with van der Waals surface area (Å²) < 4.78 is 0. The lowest BCUT2D eigenvalue weighted by Crippen LogP contribution is -2.33. The lowest BCUT2D eigenvalue weighted by molar-refractivity contribution is 0.0985. The molecule has 1 heterocycles. The minimum absolute atomic E-state index is 0.0130. The average Bonchev–Trinajstić information content (AvgIpc) is 2.77. The summed E-state index contributed by atoms with van der Waals surface area (Å²) in [5, 5.41) is 0.937. The highest BCUT2D eigenvalue weighted by atomic mass is 16.2. The molecule has 0 aliphatic carbocycles. The van der Waals surface area contributed by atoms with E-state index >= 15 is 0 Å². The molecule has 0 atom stereocenters. The number of aromatic amines is 1. The number of benzene rings is 3. The maximum absolute atomic E-state index is 13.5. The van der Waals surface area contributed by atoms with Gasteiger partial charge in [-0.15, -0.1) is 0 Å². The third-order valence-corrected chi connectivity index (χ3v) is 5.47. The zero-order valence-corrected chi connectivity index (χ0v) is 18.1. The van der Waals surface area contributed by atoms with Crippen molar-refractivity contribution in [3.8, 4) is 0 Å². The van der Waals surface area contributed by atoms with Crippen molar-refractivity contribution in [2.75, 3.05) is 4.90 Å². The first kappa shape index (κ1) is 20.6. The largest absolute Gasteiger partial charge is 0.322 e. The Labute approximate surface area is 182 Å². The Morgan fingerprint density at radius 2 is 1.52 bits per heavy atom. The number of fused-ring (bicyclic) bond motifs is 1. The molecule has 31 heavy (non-hydrogen) atoms. The van der Waals surface area contributed by atoms with E-state index in [2.05, 4.69) is 25.8 Å². The van der Waals surface area contributed by atoms with Gasteiger partial charge in [0.1, 0.15) is 0 Å². The molecule has 4 aromatic rings. The number of anilines is 1. The van der Waals surface area contributed by atoms with Crippen molar-refractivity contribution in [2.24, 2.45) is 0 Å². The van der Waals surface area contributed by atoms with Gasteiger partial charge in [-0.2, -0.15) is 0 Å². The molecule has 0 aliphatic rings. The molecule has 4 rings (SSSR count). The fraction of sp³-hybridized carbons (Fsp3) is 0.185. The lowest BCUT2D eigenvalue weighted by Gasteiger charge is -2.24. The number of nitrogens with one attached hydrogen (secondary N) is 1. The van der Waals surface area contributed by atoms with Crippen molar-refractivity contribution < 1.29 is 4.79 Å². The molecule has 4 nitrogen and oxygen atoms in total. The molecule has 1 amide bonds. The quantitative estimate of drug-likeness (QED) is 0.471. The van der Waals surface area contributed by atoms with Crippen LogP contribution >= 0.6 is 0 Å². The Morgan fingerprint density at radius 1 is 0.871 bits per heavy atom. The molecule has 0 saturated carbocycles. The van der Waals surface area contributed by atoms with Crippen LogP contribution in [0.4, 0.5) is 5.69 Å². The maximum atomic E-state index is 13.5. The zero-order valence-electron chi connectivity index (χ0n) is 18.1. The van der Waals surface area contributed by atoms with Gasteiger partial charge in [-0.1, -0.05) is 69.3 Å². The minimum atomic E-state index is -0.185. The summed E-state index contributed by atoms with van der Waals surface area (Å²) in [6, 6.07) is 26.7. The number of amides is 1. The van der Waals surface area contributed by atoms with Crippen molar-refractivity contribution >= 4 is 22.5 Å². The molecule has 0 saturated heterocycles. The number of hydrogen-bond donors (Lipinski definition) is 1. The summed E-state index contributed by atoms with van der Waals surface area (Å²) >= 11 is 0. The highest BCUT2D eigenvalue weighted by Gasteiger charge is 2.21. The Kier molecular flexibility index (Phi) is 5.47. The van der Waals surface area contributed by atoms with E-state index in [4.69, 9.17) is 0 Å². The van der Waals surface area contributed by atoms with Gasteiger partial charge in [-0.3, -0.25) is 9.59 Å². The van der Waals surface area contributed by atoms with E-state index in [9.17, 15) is 9.59 Å². The van der Waals surface area contributed by atoms with Crippen molar-refractivity contribution in [3.05, 3.63) is 112 Å². The Hall–Kier alpha value is -3.66. The first-order valence-corrected chi connectivity index (χ1v) is 10.4. The van der Waals surface area contributed by atoms with Crippen LogP contribution in [0, 0.1) is 0 Å². The molecular formula is C27H26N2O2. The molecule has 0 spiro atoms. The van der Waals surface area contributed by atoms with Crippen LogP contribution in [0.2, 0.25) is 0 Å². The Balaban J connectivity index is 1.73. The van der Waals surface area contributed by atoms with Crippen LogP contribution in [0.5, 0.6) is 0 Å². The van der Waals surface area contributed by atoms with Crippen molar-refractivity contribution in [3.63, 3.8) is 0 Å². The summed E-state index contributed by atoms with van der Waals surface area (Å²) in [6.45, 7) is 6.62. The van der Waals surface area contributed by atoms with E-state index in [1.807, 2.05) is 84.9 Å². The molecule has 3 aromatic carbocycles. The van der Waals surface area contributed by atoms with E-state index in [0.29, 0.717) is 11.1 Å². The minimum Gasteiger partial charge on any atom is -0.322 e. The molecule has 0 radical (unpaired) electrons. The number of carbonyl (C=O) groups excluding carboxylic acids is 1. The fourth-order valence-corrected chi connectivity index (χ4v) is 3.64. The Morgan fingerprint density at radius 3 is 2.19 bits per heavy atom. The lowest BCUT2D eigenvalue weighted by atomic mass is 9.86. The first-order chi connectivity index (χ1) is 14.8. The van der Waals surface area contributed by atoms with Crippen molar-refractivity contribution in [2.45, 2.75) is 32.7 Å². The predicted octanol–water partition coefficient (Wildman–Crippen LogP) is 5.67. The predicted molar refractivity (Wildman–Crippen MR) is 127 cm³/mol. The molecule has 0 bridgehead atoms. The summed E-state index contributed by atoms with van der Waals surface area (Å²) in [6.07, 6.45) is 0.